The first-order chi connectivity index (χ1) is 11.7. The van der Waals surface area contributed by atoms with Crippen LogP contribution in [0.15, 0.2) is 42.5 Å². The molecule has 0 fully saturated rings. The zero-order valence-electron chi connectivity index (χ0n) is 15.4. The molecule has 0 atom stereocenters. The molecule has 2 aromatic rings. The van der Waals surface area contributed by atoms with Crippen LogP contribution in [0.5, 0.6) is 5.75 Å². The maximum atomic E-state index is 5.26. The predicted molar refractivity (Wildman–Crippen MR) is 105 cm³/mol. The van der Waals surface area contributed by atoms with E-state index in [4.69, 9.17) is 4.74 Å². The zero-order valence-corrected chi connectivity index (χ0v) is 15.4. The van der Waals surface area contributed by atoms with Crippen LogP contribution in [0.4, 0.5) is 11.4 Å². The van der Waals surface area contributed by atoms with Gasteiger partial charge in [0.15, 0.2) is 0 Å². The Labute approximate surface area is 147 Å². The average Bonchev–Trinajstić information content (AvgIpc) is 2.61. The first-order valence-electron chi connectivity index (χ1n) is 9.23. The van der Waals surface area contributed by atoms with Crippen molar-refractivity contribution in [2.75, 3.05) is 12.4 Å². The van der Waals surface area contributed by atoms with Crippen LogP contribution >= 0.6 is 0 Å². The lowest BCUT2D eigenvalue weighted by Crippen LogP contribution is -1.94. The van der Waals surface area contributed by atoms with E-state index < -0.39 is 0 Å². The van der Waals surface area contributed by atoms with Crippen molar-refractivity contribution >= 4 is 11.4 Å². The fraction of sp³-hybridized carbons (Fsp3) is 0.455. The van der Waals surface area contributed by atoms with Gasteiger partial charge in [-0.1, -0.05) is 51.2 Å². The van der Waals surface area contributed by atoms with Gasteiger partial charge in [0, 0.05) is 11.4 Å². The third-order valence-electron chi connectivity index (χ3n) is 4.49. The Hall–Kier alpha value is -1.96. The molecule has 0 aromatic heterocycles. The van der Waals surface area contributed by atoms with Gasteiger partial charge < -0.3 is 10.1 Å². The third-order valence-corrected chi connectivity index (χ3v) is 4.49. The Morgan fingerprint density at radius 1 is 0.875 bits per heavy atom. The molecule has 130 valence electrons. The summed E-state index contributed by atoms with van der Waals surface area (Å²) in [6, 6.07) is 14.9. The highest BCUT2D eigenvalue weighted by Gasteiger charge is 2.01. The van der Waals surface area contributed by atoms with Crippen molar-refractivity contribution in [3.05, 3.63) is 53.6 Å². The highest BCUT2D eigenvalue weighted by molar-refractivity contribution is 5.64. The second-order valence-electron chi connectivity index (χ2n) is 6.52. The van der Waals surface area contributed by atoms with Crippen LogP contribution in [0.3, 0.4) is 0 Å². The molecule has 0 unspecified atom stereocenters. The summed E-state index contributed by atoms with van der Waals surface area (Å²) in [7, 11) is 1.70. The maximum absolute atomic E-state index is 5.26. The normalized spacial score (nSPS) is 10.6. The largest absolute Gasteiger partial charge is 0.497 e. The van der Waals surface area contributed by atoms with E-state index in [1.54, 1.807) is 7.11 Å². The molecule has 0 aliphatic carbocycles. The smallest absolute Gasteiger partial charge is 0.119 e. The molecule has 2 rings (SSSR count). The summed E-state index contributed by atoms with van der Waals surface area (Å²) in [5.74, 6) is 0.896. The Kier molecular flexibility index (Phi) is 7.67. The molecular formula is C22H31NO. The molecule has 1 N–H and O–H groups in total. The van der Waals surface area contributed by atoms with Crippen LogP contribution in [-0.2, 0) is 6.42 Å². The molecule has 24 heavy (non-hydrogen) atoms. The molecule has 0 aliphatic heterocycles. The van der Waals surface area contributed by atoms with Crippen molar-refractivity contribution in [1.29, 1.82) is 0 Å². The van der Waals surface area contributed by atoms with E-state index in [2.05, 4.69) is 55.6 Å². The number of aryl methyl sites for hydroxylation is 2. The molecule has 0 heterocycles. The number of unbranched alkanes of at least 4 members (excludes halogenated alkanes) is 5. The number of ether oxygens (including phenoxy) is 1. The van der Waals surface area contributed by atoms with Gasteiger partial charge in [-0.05, 0) is 61.2 Å². The number of anilines is 2. The van der Waals surface area contributed by atoms with Gasteiger partial charge in [-0.3, -0.25) is 0 Å². The van der Waals surface area contributed by atoms with Gasteiger partial charge in [-0.25, -0.2) is 0 Å². The summed E-state index contributed by atoms with van der Waals surface area (Å²) in [4.78, 5) is 0. The lowest BCUT2D eigenvalue weighted by Gasteiger charge is -2.11. The third kappa shape index (κ3) is 5.92. The molecule has 0 aliphatic rings. The molecule has 0 saturated heterocycles. The van der Waals surface area contributed by atoms with Crippen molar-refractivity contribution in [3.8, 4) is 5.75 Å². The van der Waals surface area contributed by atoms with E-state index in [0.29, 0.717) is 0 Å². The van der Waals surface area contributed by atoms with Gasteiger partial charge in [-0.2, -0.15) is 0 Å². The number of nitrogens with one attached hydrogen (secondary N) is 1. The van der Waals surface area contributed by atoms with Crippen LogP contribution in [0.25, 0.3) is 0 Å². The molecule has 0 spiro atoms. The van der Waals surface area contributed by atoms with Crippen LogP contribution in [-0.4, -0.2) is 7.11 Å². The van der Waals surface area contributed by atoms with Gasteiger partial charge in [0.05, 0.1) is 7.11 Å². The molecule has 0 bridgehead atoms. The second kappa shape index (κ2) is 10.0. The van der Waals surface area contributed by atoms with Gasteiger partial charge in [0.25, 0.3) is 0 Å². The summed E-state index contributed by atoms with van der Waals surface area (Å²) < 4.78 is 5.26. The summed E-state index contributed by atoms with van der Waals surface area (Å²) in [6.07, 6.45) is 9.31. The van der Waals surface area contributed by atoms with Gasteiger partial charge in [-0.15, -0.1) is 0 Å². The predicted octanol–water partition coefficient (Wildman–Crippen LogP) is 6.65. The summed E-state index contributed by atoms with van der Waals surface area (Å²) in [5, 5.41) is 3.49. The minimum Gasteiger partial charge on any atom is -0.497 e. The first kappa shape index (κ1) is 18.4. The zero-order chi connectivity index (χ0) is 17.2. The summed E-state index contributed by atoms with van der Waals surface area (Å²) in [6.45, 7) is 4.36. The Balaban J connectivity index is 1.81. The quantitative estimate of drug-likeness (QED) is 0.494. The van der Waals surface area contributed by atoms with Gasteiger partial charge >= 0.3 is 0 Å². The number of hydrogen-bond donors (Lipinski definition) is 1. The van der Waals surface area contributed by atoms with E-state index in [1.165, 1.54) is 56.1 Å². The summed E-state index contributed by atoms with van der Waals surface area (Å²) in [5.41, 5.74) is 4.88. The highest BCUT2D eigenvalue weighted by Crippen LogP contribution is 2.25. The van der Waals surface area contributed by atoms with Crippen LogP contribution < -0.4 is 10.1 Å². The Bertz CT molecular complexity index is 604. The van der Waals surface area contributed by atoms with Crippen molar-refractivity contribution in [3.63, 3.8) is 0 Å². The SMILES string of the molecule is CCCCCCCCc1ccc(Nc2ccc(OC)cc2C)cc1. The average molecular weight is 325 g/mol. The van der Waals surface area contributed by atoms with Crippen LogP contribution in [0.1, 0.15) is 56.6 Å². The molecule has 2 aromatic carbocycles. The van der Waals surface area contributed by atoms with Gasteiger partial charge in [0.1, 0.15) is 5.75 Å². The lowest BCUT2D eigenvalue weighted by atomic mass is 10.0. The van der Waals surface area contributed by atoms with Crippen molar-refractivity contribution < 1.29 is 4.74 Å². The van der Waals surface area contributed by atoms with E-state index in [1.807, 2.05) is 6.07 Å². The maximum Gasteiger partial charge on any atom is 0.119 e. The van der Waals surface area contributed by atoms with Crippen molar-refractivity contribution in [1.82, 2.24) is 0 Å². The van der Waals surface area contributed by atoms with E-state index >= 15 is 0 Å². The van der Waals surface area contributed by atoms with Crippen molar-refractivity contribution in [2.24, 2.45) is 0 Å². The molecular weight excluding hydrogens is 294 g/mol. The fourth-order valence-electron chi connectivity index (χ4n) is 2.92. The van der Waals surface area contributed by atoms with E-state index in [0.717, 1.165) is 17.1 Å². The number of hydrogen-bond acceptors (Lipinski definition) is 2. The first-order valence-corrected chi connectivity index (χ1v) is 9.23. The number of rotatable bonds is 10. The summed E-state index contributed by atoms with van der Waals surface area (Å²) >= 11 is 0. The standard InChI is InChI=1S/C22H31NO/c1-4-5-6-7-8-9-10-19-11-13-20(14-12-19)23-22-16-15-21(24-3)17-18(22)2/h11-17,23H,4-10H2,1-3H3. The fourth-order valence-corrected chi connectivity index (χ4v) is 2.92. The monoisotopic (exact) mass is 325 g/mol. The van der Waals surface area contributed by atoms with E-state index in [-0.39, 0.29) is 0 Å². The van der Waals surface area contributed by atoms with Crippen molar-refractivity contribution in [2.45, 2.75) is 58.8 Å². The molecule has 0 radical (unpaired) electrons. The molecule has 0 amide bonds. The lowest BCUT2D eigenvalue weighted by molar-refractivity contribution is 0.414. The topological polar surface area (TPSA) is 21.3 Å². The Morgan fingerprint density at radius 2 is 1.58 bits per heavy atom. The molecule has 2 heteroatoms. The van der Waals surface area contributed by atoms with Crippen LogP contribution in [0, 0.1) is 6.92 Å². The van der Waals surface area contributed by atoms with E-state index in [9.17, 15) is 0 Å². The number of benzene rings is 2. The number of methoxy groups -OCH3 is 1. The second-order valence-corrected chi connectivity index (χ2v) is 6.52. The highest BCUT2D eigenvalue weighted by atomic mass is 16.5. The minimum atomic E-state index is 0.896. The Morgan fingerprint density at radius 3 is 2.25 bits per heavy atom. The van der Waals surface area contributed by atoms with Gasteiger partial charge in [0.2, 0.25) is 0 Å². The molecule has 0 saturated carbocycles. The van der Waals surface area contributed by atoms with Crippen LogP contribution in [0.2, 0.25) is 0 Å². The minimum absolute atomic E-state index is 0.896. The molecule has 2 nitrogen and oxygen atoms in total.